The van der Waals surface area contributed by atoms with Crippen LogP contribution in [0.1, 0.15) is 48.2 Å². The van der Waals surface area contributed by atoms with Gasteiger partial charge in [-0.25, -0.2) is 0 Å². The summed E-state index contributed by atoms with van der Waals surface area (Å²) in [5, 5.41) is 2.80. The summed E-state index contributed by atoms with van der Waals surface area (Å²) in [7, 11) is 3.23. The zero-order valence-electron chi connectivity index (χ0n) is 19.0. The topological polar surface area (TPSA) is 74.8 Å². The number of aromatic nitrogens is 1. The zero-order valence-corrected chi connectivity index (χ0v) is 19.0. The second-order valence-electron chi connectivity index (χ2n) is 8.64. The van der Waals surface area contributed by atoms with Crippen LogP contribution in [0.5, 0.6) is 5.75 Å². The lowest BCUT2D eigenvalue weighted by Crippen LogP contribution is -2.56. The number of rotatable bonds is 5. The molecule has 1 aromatic carbocycles. The Hall–Kier alpha value is -3.09. The number of likely N-dealkylation sites (tertiary alicyclic amines) is 1. The number of pyridine rings is 1. The van der Waals surface area contributed by atoms with Crippen LogP contribution in [-0.4, -0.2) is 62.0 Å². The highest BCUT2D eigenvalue weighted by molar-refractivity contribution is 5.99. The minimum absolute atomic E-state index is 0.107. The maximum atomic E-state index is 13.7. The van der Waals surface area contributed by atoms with Gasteiger partial charge in [0.05, 0.1) is 18.4 Å². The standard InChI is InChI=1S/C25H32N4O3/c1-26-24(31)25(22-9-4-5-13-27-22)12-8-16-29(18-25)23(30)20-17-19(10-11-21(20)32-2)28-14-6-3-7-15-28/h4-5,9-11,13,17H,3,6-8,12,14-16,18H2,1-2H3,(H,26,31)/t25-/m0/s1. The number of ether oxygens (including phenoxy) is 1. The molecule has 4 rings (SSSR count). The Morgan fingerprint density at radius 1 is 1.06 bits per heavy atom. The SMILES string of the molecule is CNC(=O)[C@@]1(c2ccccn2)CCCN(C(=O)c2cc(N3CCCCC3)ccc2OC)C1. The van der Waals surface area contributed by atoms with Gasteiger partial charge in [0.15, 0.2) is 0 Å². The monoisotopic (exact) mass is 436 g/mol. The smallest absolute Gasteiger partial charge is 0.257 e. The Kier molecular flexibility index (Phi) is 6.63. The second-order valence-corrected chi connectivity index (χ2v) is 8.64. The predicted molar refractivity (Wildman–Crippen MR) is 124 cm³/mol. The summed E-state index contributed by atoms with van der Waals surface area (Å²) < 4.78 is 5.55. The molecule has 0 aliphatic carbocycles. The molecule has 2 fully saturated rings. The van der Waals surface area contributed by atoms with Crippen molar-refractivity contribution in [1.82, 2.24) is 15.2 Å². The molecule has 32 heavy (non-hydrogen) atoms. The first-order chi connectivity index (χ1) is 15.6. The highest BCUT2D eigenvalue weighted by atomic mass is 16.5. The largest absolute Gasteiger partial charge is 0.496 e. The summed E-state index contributed by atoms with van der Waals surface area (Å²) in [5.74, 6) is 0.345. The fourth-order valence-electron chi connectivity index (χ4n) is 5.01. The maximum absolute atomic E-state index is 13.7. The van der Waals surface area contributed by atoms with Gasteiger partial charge in [0.2, 0.25) is 5.91 Å². The number of nitrogens with zero attached hydrogens (tertiary/aromatic N) is 3. The van der Waals surface area contributed by atoms with Crippen LogP contribution in [0, 0.1) is 0 Å². The van der Waals surface area contributed by atoms with Crippen LogP contribution in [0.25, 0.3) is 0 Å². The molecule has 7 nitrogen and oxygen atoms in total. The number of anilines is 1. The van der Waals surface area contributed by atoms with E-state index in [9.17, 15) is 9.59 Å². The molecule has 0 spiro atoms. The molecular formula is C25H32N4O3. The molecule has 2 aliphatic heterocycles. The number of nitrogens with one attached hydrogen (secondary N) is 1. The van der Waals surface area contributed by atoms with Crippen LogP contribution in [0.3, 0.4) is 0 Å². The summed E-state index contributed by atoms with van der Waals surface area (Å²) in [4.78, 5) is 35.4. The zero-order chi connectivity index (χ0) is 22.6. The van der Waals surface area contributed by atoms with Crippen molar-refractivity contribution in [2.45, 2.75) is 37.5 Å². The van der Waals surface area contributed by atoms with Gasteiger partial charge < -0.3 is 19.9 Å². The lowest BCUT2D eigenvalue weighted by molar-refractivity contribution is -0.128. The Morgan fingerprint density at radius 3 is 2.56 bits per heavy atom. The van der Waals surface area contributed by atoms with Gasteiger partial charge in [-0.05, 0) is 62.4 Å². The molecule has 0 saturated carbocycles. The van der Waals surface area contributed by atoms with Crippen molar-refractivity contribution >= 4 is 17.5 Å². The summed E-state index contributed by atoms with van der Waals surface area (Å²) in [6, 6.07) is 11.5. The van der Waals surface area contributed by atoms with Gasteiger partial charge in [-0.1, -0.05) is 6.07 Å². The molecule has 2 saturated heterocycles. The molecule has 0 bridgehead atoms. The van der Waals surface area contributed by atoms with Crippen molar-refractivity contribution in [2.75, 3.05) is 45.2 Å². The van der Waals surface area contributed by atoms with E-state index in [0.717, 1.165) is 25.2 Å². The number of carbonyl (C=O) groups excluding carboxylic acids is 2. The van der Waals surface area contributed by atoms with E-state index in [0.29, 0.717) is 36.5 Å². The number of carbonyl (C=O) groups is 2. The van der Waals surface area contributed by atoms with Crippen LogP contribution < -0.4 is 15.0 Å². The van der Waals surface area contributed by atoms with Gasteiger partial charge in [0, 0.05) is 45.1 Å². The third kappa shape index (κ3) is 4.16. The van der Waals surface area contributed by atoms with Gasteiger partial charge >= 0.3 is 0 Å². The maximum Gasteiger partial charge on any atom is 0.257 e. The number of hydrogen-bond acceptors (Lipinski definition) is 5. The first-order valence-electron chi connectivity index (χ1n) is 11.4. The molecule has 7 heteroatoms. The Morgan fingerprint density at radius 2 is 1.88 bits per heavy atom. The van der Waals surface area contributed by atoms with E-state index >= 15 is 0 Å². The number of benzene rings is 1. The number of likely N-dealkylation sites (N-methyl/N-ethyl adjacent to an activating group) is 1. The number of methoxy groups -OCH3 is 1. The van der Waals surface area contributed by atoms with Gasteiger partial charge in [-0.2, -0.15) is 0 Å². The van der Waals surface area contributed by atoms with Crippen LogP contribution >= 0.6 is 0 Å². The van der Waals surface area contributed by atoms with Crippen molar-refractivity contribution < 1.29 is 14.3 Å². The summed E-state index contributed by atoms with van der Waals surface area (Å²) in [5.41, 5.74) is 1.44. The molecular weight excluding hydrogens is 404 g/mol. The quantitative estimate of drug-likeness (QED) is 0.780. The van der Waals surface area contributed by atoms with E-state index in [1.807, 2.05) is 36.4 Å². The molecule has 1 aromatic heterocycles. The molecule has 0 unspecified atom stereocenters. The van der Waals surface area contributed by atoms with E-state index in [4.69, 9.17) is 4.74 Å². The summed E-state index contributed by atoms with van der Waals surface area (Å²) >= 11 is 0. The normalized spacial score (nSPS) is 21.2. The minimum atomic E-state index is -0.859. The number of piperidine rings is 2. The average molecular weight is 437 g/mol. The fraction of sp³-hybridized carbons (Fsp3) is 0.480. The predicted octanol–water partition coefficient (Wildman–Crippen LogP) is 3.00. The van der Waals surface area contributed by atoms with Crippen LogP contribution in [-0.2, 0) is 10.2 Å². The van der Waals surface area contributed by atoms with Gasteiger partial charge in [0.1, 0.15) is 11.2 Å². The van der Waals surface area contributed by atoms with Crippen molar-refractivity contribution in [3.8, 4) is 5.75 Å². The highest BCUT2D eigenvalue weighted by Crippen LogP contribution is 2.35. The van der Waals surface area contributed by atoms with Crippen molar-refractivity contribution in [1.29, 1.82) is 0 Å². The first kappa shape index (κ1) is 22.1. The van der Waals surface area contributed by atoms with E-state index in [1.165, 1.54) is 19.3 Å². The van der Waals surface area contributed by atoms with Crippen molar-refractivity contribution in [3.05, 3.63) is 53.9 Å². The van der Waals surface area contributed by atoms with Crippen LogP contribution in [0.2, 0.25) is 0 Å². The third-order valence-electron chi connectivity index (χ3n) is 6.73. The van der Waals surface area contributed by atoms with Crippen molar-refractivity contribution in [3.63, 3.8) is 0 Å². The lowest BCUT2D eigenvalue weighted by Gasteiger charge is -2.41. The van der Waals surface area contributed by atoms with Crippen molar-refractivity contribution in [2.24, 2.45) is 0 Å². The molecule has 170 valence electrons. The third-order valence-corrected chi connectivity index (χ3v) is 6.73. The molecule has 2 aliphatic rings. The molecule has 1 atom stereocenters. The number of hydrogen-bond donors (Lipinski definition) is 1. The van der Waals surface area contributed by atoms with Crippen LogP contribution in [0.4, 0.5) is 5.69 Å². The summed E-state index contributed by atoms with van der Waals surface area (Å²) in [6.07, 6.45) is 6.66. The lowest BCUT2D eigenvalue weighted by atomic mass is 9.75. The molecule has 3 heterocycles. The Labute approximate surface area is 189 Å². The van der Waals surface area contributed by atoms with Gasteiger partial charge in [-0.3, -0.25) is 14.6 Å². The summed E-state index contributed by atoms with van der Waals surface area (Å²) in [6.45, 7) is 2.90. The van der Waals surface area contributed by atoms with E-state index in [-0.39, 0.29) is 11.8 Å². The molecule has 2 aromatic rings. The first-order valence-corrected chi connectivity index (χ1v) is 11.4. The number of amides is 2. The highest BCUT2D eigenvalue weighted by Gasteiger charge is 2.46. The van der Waals surface area contributed by atoms with E-state index < -0.39 is 5.41 Å². The van der Waals surface area contributed by atoms with Crippen LogP contribution in [0.15, 0.2) is 42.6 Å². The second kappa shape index (κ2) is 9.59. The van der Waals surface area contributed by atoms with Gasteiger partial charge in [0.25, 0.3) is 5.91 Å². The van der Waals surface area contributed by atoms with E-state index in [2.05, 4.69) is 15.2 Å². The molecule has 1 N–H and O–H groups in total. The molecule has 2 amide bonds. The fourth-order valence-corrected chi connectivity index (χ4v) is 5.01. The van der Waals surface area contributed by atoms with E-state index in [1.54, 1.807) is 25.3 Å². The van der Waals surface area contributed by atoms with Gasteiger partial charge in [-0.15, -0.1) is 0 Å². The Balaban J connectivity index is 1.66. The minimum Gasteiger partial charge on any atom is -0.496 e. The Bertz CT molecular complexity index is 959. The molecule has 0 radical (unpaired) electrons. The average Bonchev–Trinajstić information content (AvgIpc) is 2.88.